The second-order valence-corrected chi connectivity index (χ2v) is 7.06. The second kappa shape index (κ2) is 6.38. The molecular weight excluding hydrogens is 222 g/mol. The maximum absolute atomic E-state index is 6.38. The Morgan fingerprint density at radius 2 is 1.83 bits per heavy atom. The zero-order valence-corrected chi connectivity index (χ0v) is 12.5. The molecule has 2 rings (SSSR count). The lowest BCUT2D eigenvalue weighted by Crippen LogP contribution is -2.29. The molecule has 1 aliphatic carbocycles. The highest BCUT2D eigenvalue weighted by molar-refractivity contribution is 4.93. The van der Waals surface area contributed by atoms with Gasteiger partial charge in [0, 0.05) is 0 Å². The lowest BCUT2D eigenvalue weighted by Gasteiger charge is -2.25. The van der Waals surface area contributed by atoms with E-state index >= 15 is 0 Å². The fourth-order valence-electron chi connectivity index (χ4n) is 3.60. The van der Waals surface area contributed by atoms with Crippen molar-refractivity contribution < 1.29 is 4.74 Å². The summed E-state index contributed by atoms with van der Waals surface area (Å²) < 4.78 is 6.38. The van der Waals surface area contributed by atoms with Crippen LogP contribution in [0.2, 0.25) is 0 Å². The molecule has 0 radical (unpaired) electrons. The Balaban J connectivity index is 1.64. The van der Waals surface area contributed by atoms with E-state index in [2.05, 4.69) is 26.1 Å². The maximum Gasteiger partial charge on any atom is 0.0687 e. The highest BCUT2D eigenvalue weighted by Gasteiger charge is 2.42. The van der Waals surface area contributed by atoms with Crippen molar-refractivity contribution in [3.8, 4) is 0 Å². The Morgan fingerprint density at radius 3 is 2.50 bits per heavy atom. The molecule has 18 heavy (non-hydrogen) atoms. The van der Waals surface area contributed by atoms with Crippen LogP contribution in [0.25, 0.3) is 0 Å². The Hall–Kier alpha value is -0.0800. The molecule has 2 aliphatic rings. The quantitative estimate of drug-likeness (QED) is 0.778. The predicted octanol–water partition coefficient (Wildman–Crippen LogP) is 3.75. The number of nitrogens with one attached hydrogen (secondary N) is 1. The molecule has 0 aromatic rings. The van der Waals surface area contributed by atoms with Gasteiger partial charge in [-0.2, -0.15) is 0 Å². The standard InChI is InChI=1S/C16H31NO/c1-13(2)11-17-12-14(3)10-15-6-9-16(18-15)7-4-5-8-16/h13-15,17H,4-12H2,1-3H3. The average molecular weight is 253 g/mol. The second-order valence-electron chi connectivity index (χ2n) is 7.06. The predicted molar refractivity (Wildman–Crippen MR) is 76.8 cm³/mol. The topological polar surface area (TPSA) is 21.3 Å². The van der Waals surface area contributed by atoms with Gasteiger partial charge in [0.1, 0.15) is 0 Å². The SMILES string of the molecule is CC(C)CNCC(C)CC1CCC2(CCCC2)O1. The summed E-state index contributed by atoms with van der Waals surface area (Å²) in [6, 6.07) is 0. The van der Waals surface area contributed by atoms with Crippen LogP contribution in [0, 0.1) is 11.8 Å². The van der Waals surface area contributed by atoms with E-state index in [9.17, 15) is 0 Å². The molecule has 2 nitrogen and oxygen atoms in total. The van der Waals surface area contributed by atoms with Crippen LogP contribution in [0.4, 0.5) is 0 Å². The van der Waals surface area contributed by atoms with Crippen LogP contribution >= 0.6 is 0 Å². The van der Waals surface area contributed by atoms with Gasteiger partial charge in [-0.3, -0.25) is 0 Å². The van der Waals surface area contributed by atoms with Gasteiger partial charge < -0.3 is 10.1 Å². The van der Waals surface area contributed by atoms with E-state index in [0.29, 0.717) is 11.7 Å². The summed E-state index contributed by atoms with van der Waals surface area (Å²) in [7, 11) is 0. The number of hydrogen-bond donors (Lipinski definition) is 1. The molecule has 0 aromatic heterocycles. The fourth-order valence-corrected chi connectivity index (χ4v) is 3.60. The third-order valence-electron chi connectivity index (χ3n) is 4.56. The number of hydrogen-bond acceptors (Lipinski definition) is 2. The van der Waals surface area contributed by atoms with Crippen LogP contribution in [-0.4, -0.2) is 24.8 Å². The smallest absolute Gasteiger partial charge is 0.0687 e. The summed E-state index contributed by atoms with van der Waals surface area (Å²) in [5, 5.41) is 3.56. The van der Waals surface area contributed by atoms with Gasteiger partial charge in [0.2, 0.25) is 0 Å². The third kappa shape index (κ3) is 3.96. The fraction of sp³-hybridized carbons (Fsp3) is 1.00. The van der Waals surface area contributed by atoms with Crippen molar-refractivity contribution in [1.82, 2.24) is 5.32 Å². The van der Waals surface area contributed by atoms with Gasteiger partial charge in [-0.15, -0.1) is 0 Å². The summed E-state index contributed by atoms with van der Waals surface area (Å²) in [5.74, 6) is 1.49. The Kier molecular flexibility index (Phi) is 5.08. The normalized spacial score (nSPS) is 28.3. The van der Waals surface area contributed by atoms with Crippen molar-refractivity contribution in [2.45, 2.75) is 77.4 Å². The molecule has 1 saturated heterocycles. The van der Waals surface area contributed by atoms with Crippen LogP contribution in [0.3, 0.4) is 0 Å². The maximum atomic E-state index is 6.38. The van der Waals surface area contributed by atoms with E-state index in [1.165, 1.54) is 44.9 Å². The lowest BCUT2D eigenvalue weighted by atomic mass is 9.96. The van der Waals surface area contributed by atoms with Crippen LogP contribution in [-0.2, 0) is 4.74 Å². The molecule has 1 heterocycles. The highest BCUT2D eigenvalue weighted by Crippen LogP contribution is 2.44. The lowest BCUT2D eigenvalue weighted by molar-refractivity contribution is -0.0433. The molecule has 2 atom stereocenters. The van der Waals surface area contributed by atoms with Gasteiger partial charge in [0.15, 0.2) is 0 Å². The molecule has 0 amide bonds. The monoisotopic (exact) mass is 253 g/mol. The summed E-state index contributed by atoms with van der Waals surface area (Å²) in [4.78, 5) is 0. The molecular formula is C16H31NO. The van der Waals surface area contributed by atoms with E-state index in [-0.39, 0.29) is 0 Å². The molecule has 0 aromatic carbocycles. The van der Waals surface area contributed by atoms with Crippen molar-refractivity contribution in [3.63, 3.8) is 0 Å². The van der Waals surface area contributed by atoms with Crippen molar-refractivity contribution in [3.05, 3.63) is 0 Å². The van der Waals surface area contributed by atoms with Crippen molar-refractivity contribution in [2.75, 3.05) is 13.1 Å². The van der Waals surface area contributed by atoms with Crippen LogP contribution in [0.1, 0.15) is 65.7 Å². The van der Waals surface area contributed by atoms with Gasteiger partial charge >= 0.3 is 0 Å². The van der Waals surface area contributed by atoms with E-state index in [1.54, 1.807) is 0 Å². The van der Waals surface area contributed by atoms with Crippen LogP contribution < -0.4 is 5.32 Å². The minimum absolute atomic E-state index is 0.315. The Labute approximate surface area is 113 Å². The zero-order chi connectivity index (χ0) is 13.0. The zero-order valence-electron chi connectivity index (χ0n) is 12.5. The Morgan fingerprint density at radius 1 is 1.11 bits per heavy atom. The summed E-state index contributed by atoms with van der Waals surface area (Å²) in [6.45, 7) is 9.17. The van der Waals surface area contributed by atoms with Gasteiger partial charge in [0.25, 0.3) is 0 Å². The van der Waals surface area contributed by atoms with Crippen LogP contribution in [0.5, 0.6) is 0 Å². The first kappa shape index (κ1) is 14.3. The first-order chi connectivity index (χ1) is 8.60. The third-order valence-corrected chi connectivity index (χ3v) is 4.56. The van der Waals surface area contributed by atoms with Gasteiger partial charge in [-0.1, -0.05) is 33.6 Å². The van der Waals surface area contributed by atoms with Crippen molar-refractivity contribution in [1.29, 1.82) is 0 Å². The molecule has 0 bridgehead atoms. The first-order valence-corrected chi connectivity index (χ1v) is 7.98. The summed E-state index contributed by atoms with van der Waals surface area (Å²) in [5.41, 5.74) is 0.315. The minimum Gasteiger partial charge on any atom is -0.372 e. The first-order valence-electron chi connectivity index (χ1n) is 7.98. The van der Waals surface area contributed by atoms with E-state index in [0.717, 1.165) is 24.9 Å². The molecule has 1 saturated carbocycles. The van der Waals surface area contributed by atoms with E-state index < -0.39 is 0 Å². The molecule has 2 heteroatoms. The van der Waals surface area contributed by atoms with E-state index in [4.69, 9.17) is 4.74 Å². The molecule has 2 fully saturated rings. The molecule has 1 N–H and O–H groups in total. The van der Waals surface area contributed by atoms with Gasteiger partial charge in [-0.25, -0.2) is 0 Å². The highest BCUT2D eigenvalue weighted by atomic mass is 16.5. The summed E-state index contributed by atoms with van der Waals surface area (Å²) in [6.07, 6.45) is 9.83. The van der Waals surface area contributed by atoms with Gasteiger partial charge in [0.05, 0.1) is 11.7 Å². The Bertz CT molecular complexity index is 245. The number of rotatable bonds is 6. The van der Waals surface area contributed by atoms with E-state index in [1.807, 2.05) is 0 Å². The molecule has 106 valence electrons. The largest absolute Gasteiger partial charge is 0.372 e. The average Bonchev–Trinajstić information content (AvgIpc) is 2.90. The van der Waals surface area contributed by atoms with Crippen molar-refractivity contribution in [2.24, 2.45) is 11.8 Å². The number of ether oxygens (including phenoxy) is 1. The van der Waals surface area contributed by atoms with Gasteiger partial charge in [-0.05, 0) is 57.0 Å². The molecule has 1 spiro atoms. The molecule has 2 unspecified atom stereocenters. The summed E-state index contributed by atoms with van der Waals surface area (Å²) >= 11 is 0. The minimum atomic E-state index is 0.315. The molecule has 1 aliphatic heterocycles. The van der Waals surface area contributed by atoms with Crippen LogP contribution in [0.15, 0.2) is 0 Å². The van der Waals surface area contributed by atoms with Crippen molar-refractivity contribution >= 4 is 0 Å².